The van der Waals surface area contributed by atoms with Gasteiger partial charge in [-0.05, 0) is 0 Å². The summed E-state index contributed by atoms with van der Waals surface area (Å²) < 4.78 is 6.58. The summed E-state index contributed by atoms with van der Waals surface area (Å²) >= 11 is 0. The first-order valence-electron chi connectivity index (χ1n) is 2.84. The van der Waals surface area contributed by atoms with Gasteiger partial charge < -0.3 is 9.93 Å². The third kappa shape index (κ3) is 0.556. The monoisotopic (exact) mass is 135 g/mol. The molecule has 0 aromatic carbocycles. The lowest BCUT2D eigenvalue weighted by Gasteiger charge is -1.77. The van der Waals surface area contributed by atoms with Gasteiger partial charge in [0.15, 0.2) is 11.4 Å². The van der Waals surface area contributed by atoms with Crippen LogP contribution in [0.5, 0.6) is 0 Å². The zero-order chi connectivity index (χ0) is 6.97. The van der Waals surface area contributed by atoms with Gasteiger partial charge in [0, 0.05) is 12.3 Å². The van der Waals surface area contributed by atoms with Gasteiger partial charge in [0.2, 0.25) is 0 Å². The zero-order valence-corrected chi connectivity index (χ0v) is 5.11. The zero-order valence-electron chi connectivity index (χ0n) is 5.11. The Labute approximate surface area is 56.6 Å². The van der Waals surface area contributed by atoms with Crippen LogP contribution in [0, 0.1) is 5.41 Å². The number of nitrogens with zero attached hydrogens (tertiary/aromatic N) is 2. The van der Waals surface area contributed by atoms with Gasteiger partial charge in [0.1, 0.15) is 0 Å². The molecule has 4 nitrogen and oxygen atoms in total. The van der Waals surface area contributed by atoms with E-state index in [4.69, 9.17) is 9.93 Å². The van der Waals surface area contributed by atoms with Crippen molar-refractivity contribution in [2.45, 2.75) is 0 Å². The van der Waals surface area contributed by atoms with Crippen molar-refractivity contribution < 1.29 is 4.52 Å². The van der Waals surface area contributed by atoms with E-state index in [2.05, 4.69) is 4.98 Å². The van der Waals surface area contributed by atoms with Crippen LogP contribution in [0.4, 0.5) is 0 Å². The summed E-state index contributed by atoms with van der Waals surface area (Å²) in [6.45, 7) is 0. The Morgan fingerprint density at radius 2 is 2.60 bits per heavy atom. The normalized spacial score (nSPS) is 10.4. The van der Waals surface area contributed by atoms with Gasteiger partial charge in [-0.3, -0.25) is 0 Å². The molecule has 1 N–H and O–H groups in total. The fourth-order valence-corrected chi connectivity index (χ4v) is 0.817. The molecule has 0 saturated heterocycles. The van der Waals surface area contributed by atoms with Gasteiger partial charge >= 0.3 is 0 Å². The van der Waals surface area contributed by atoms with E-state index in [-0.39, 0.29) is 0 Å². The van der Waals surface area contributed by atoms with E-state index in [1.807, 2.05) is 0 Å². The van der Waals surface area contributed by atoms with Crippen molar-refractivity contribution in [2.24, 2.45) is 0 Å². The molecule has 0 amide bonds. The predicted octanol–water partition coefficient (Wildman–Crippen LogP) is 0.925. The van der Waals surface area contributed by atoms with Crippen molar-refractivity contribution in [3.63, 3.8) is 0 Å². The molecule has 0 aliphatic rings. The first kappa shape index (κ1) is 5.22. The Balaban J connectivity index is 2.78. The highest BCUT2D eigenvalue weighted by atomic mass is 16.5. The van der Waals surface area contributed by atoms with Crippen LogP contribution in [0.3, 0.4) is 0 Å². The summed E-state index contributed by atoms with van der Waals surface area (Å²) in [5, 5.41) is 6.86. The van der Waals surface area contributed by atoms with E-state index in [1.54, 1.807) is 18.5 Å². The maximum Gasteiger partial charge on any atom is 0.177 e. The second-order valence-corrected chi connectivity index (χ2v) is 1.89. The first-order chi connectivity index (χ1) is 4.90. The minimum atomic E-state index is 0.517. The second-order valence-electron chi connectivity index (χ2n) is 1.89. The highest BCUT2D eigenvalue weighted by Crippen LogP contribution is 2.04. The molecule has 2 rings (SSSR count). The lowest BCUT2D eigenvalue weighted by molar-refractivity contribution is 0.373. The lowest BCUT2D eigenvalue weighted by Crippen LogP contribution is -1.71. The topological polar surface area (TPSA) is 54.3 Å². The average Bonchev–Trinajstić information content (AvgIpc) is 2.42. The van der Waals surface area contributed by atoms with Gasteiger partial charge in [0.25, 0.3) is 0 Å². The van der Waals surface area contributed by atoms with Gasteiger partial charge in [0.05, 0.1) is 12.4 Å². The number of rotatable bonds is 1. The van der Waals surface area contributed by atoms with Crippen LogP contribution in [-0.2, 0) is 0 Å². The van der Waals surface area contributed by atoms with E-state index in [9.17, 15) is 0 Å². The van der Waals surface area contributed by atoms with Crippen LogP contribution >= 0.6 is 0 Å². The molecule has 2 aromatic heterocycles. The fraction of sp³-hybridized carbons (Fsp3) is 0. The summed E-state index contributed by atoms with van der Waals surface area (Å²) in [6, 6.07) is 1.70. The van der Waals surface area contributed by atoms with E-state index in [0.29, 0.717) is 5.76 Å². The van der Waals surface area contributed by atoms with Crippen molar-refractivity contribution in [3.8, 4) is 0 Å². The highest BCUT2D eigenvalue weighted by molar-refractivity contribution is 5.74. The largest absolute Gasteiger partial charge is 0.372 e. The minimum Gasteiger partial charge on any atom is -0.372 e. The molecule has 0 bridgehead atoms. The fourth-order valence-electron chi connectivity index (χ4n) is 0.817. The molecule has 4 heteroatoms. The van der Waals surface area contributed by atoms with E-state index >= 15 is 0 Å². The average molecular weight is 135 g/mol. The predicted molar refractivity (Wildman–Crippen MR) is 35.3 cm³/mol. The second kappa shape index (κ2) is 1.70. The number of fused-ring (bicyclic) bond motifs is 1. The molecule has 10 heavy (non-hydrogen) atoms. The number of aromatic nitrogens is 2. The van der Waals surface area contributed by atoms with Gasteiger partial charge in [-0.1, -0.05) is 0 Å². The van der Waals surface area contributed by atoms with Crippen molar-refractivity contribution in [2.75, 3.05) is 0 Å². The quantitative estimate of drug-likeness (QED) is 0.591. The first-order valence-corrected chi connectivity index (χ1v) is 2.84. The summed E-state index contributed by atoms with van der Waals surface area (Å²) in [4.78, 5) is 3.95. The maximum absolute atomic E-state index is 6.86. The highest BCUT2D eigenvalue weighted by Gasteiger charge is 1.98. The van der Waals surface area contributed by atoms with Crippen LogP contribution in [0.2, 0.25) is 0 Å². The van der Waals surface area contributed by atoms with E-state index < -0.39 is 0 Å². The Morgan fingerprint density at radius 3 is 3.30 bits per heavy atom. The molecule has 0 radical (unpaired) electrons. The Kier molecular flexibility index (Phi) is 0.887. The van der Waals surface area contributed by atoms with Gasteiger partial charge in [-0.2, -0.15) is 4.57 Å². The van der Waals surface area contributed by atoms with Gasteiger partial charge in [-0.25, -0.2) is 4.98 Å². The van der Waals surface area contributed by atoms with Crippen molar-refractivity contribution in [1.82, 2.24) is 9.56 Å². The molecule has 0 atom stereocenters. The summed E-state index contributed by atoms with van der Waals surface area (Å²) in [6.07, 6.45) is 4.49. The molecule has 0 spiro atoms. The molecular formula is C6H5N3O. The molecule has 50 valence electrons. The van der Waals surface area contributed by atoms with E-state index in [0.717, 1.165) is 11.9 Å². The Morgan fingerprint density at radius 1 is 1.70 bits per heavy atom. The number of hydrogen-bond donors (Lipinski definition) is 1. The molecule has 0 fully saturated rings. The lowest BCUT2D eigenvalue weighted by atomic mass is 10.5. The standard InChI is InChI=1S/C6H5N3O/c7-4-5-3-6-8-1-2-9(6)10-5/h1-4,7H. The molecular weight excluding hydrogens is 130 g/mol. The van der Waals surface area contributed by atoms with Crippen molar-refractivity contribution >= 4 is 11.9 Å². The molecule has 0 unspecified atom stereocenters. The van der Waals surface area contributed by atoms with Crippen molar-refractivity contribution in [3.05, 3.63) is 24.2 Å². The van der Waals surface area contributed by atoms with Crippen LogP contribution in [-0.4, -0.2) is 15.8 Å². The molecule has 0 aliphatic carbocycles. The SMILES string of the molecule is N=Cc1cc2nccn2o1. The van der Waals surface area contributed by atoms with Crippen LogP contribution < -0.4 is 0 Å². The number of nitrogens with one attached hydrogen (secondary N) is 1. The van der Waals surface area contributed by atoms with Gasteiger partial charge in [-0.15, -0.1) is 0 Å². The van der Waals surface area contributed by atoms with Crippen molar-refractivity contribution in [1.29, 1.82) is 5.41 Å². The third-order valence-electron chi connectivity index (χ3n) is 1.25. The number of imidazole rings is 1. The van der Waals surface area contributed by atoms with E-state index in [1.165, 1.54) is 4.57 Å². The Hall–Kier alpha value is -1.58. The molecule has 2 aromatic rings. The summed E-state index contributed by atoms with van der Waals surface area (Å²) in [5.41, 5.74) is 0.735. The number of hydrogen-bond acceptors (Lipinski definition) is 3. The Bertz CT molecular complexity index is 331. The molecule has 2 heterocycles. The summed E-state index contributed by atoms with van der Waals surface area (Å²) in [5.74, 6) is 0.517. The summed E-state index contributed by atoms with van der Waals surface area (Å²) in [7, 11) is 0. The minimum absolute atomic E-state index is 0.517. The van der Waals surface area contributed by atoms with Crippen LogP contribution in [0.1, 0.15) is 5.76 Å². The third-order valence-corrected chi connectivity index (χ3v) is 1.25. The maximum atomic E-state index is 6.86. The smallest absolute Gasteiger partial charge is 0.177 e. The molecule has 0 saturated carbocycles. The molecule has 0 aliphatic heterocycles. The van der Waals surface area contributed by atoms with Crippen LogP contribution in [0.25, 0.3) is 5.65 Å². The van der Waals surface area contributed by atoms with Crippen LogP contribution in [0.15, 0.2) is 23.0 Å².